The van der Waals surface area contributed by atoms with Crippen molar-refractivity contribution in [2.24, 2.45) is 5.92 Å². The maximum atomic E-state index is 13.9. The van der Waals surface area contributed by atoms with Gasteiger partial charge >= 0.3 is 0 Å². The summed E-state index contributed by atoms with van der Waals surface area (Å²) in [6.45, 7) is 10.3. The van der Waals surface area contributed by atoms with Crippen molar-refractivity contribution in [1.82, 2.24) is 0 Å². The lowest BCUT2D eigenvalue weighted by molar-refractivity contribution is -0.406. The summed E-state index contributed by atoms with van der Waals surface area (Å²) in [6.07, 6.45) is 16.1. The van der Waals surface area contributed by atoms with E-state index in [4.69, 9.17) is 14.2 Å². The summed E-state index contributed by atoms with van der Waals surface area (Å²) in [5, 5.41) is 0. The highest BCUT2D eigenvalue weighted by molar-refractivity contribution is 5.20. The summed E-state index contributed by atoms with van der Waals surface area (Å²) in [5.41, 5.74) is 0.243. The van der Waals surface area contributed by atoms with Crippen molar-refractivity contribution in [3.63, 3.8) is 0 Å². The van der Waals surface area contributed by atoms with Gasteiger partial charge in [-0.1, -0.05) is 85.5 Å². The molecule has 1 unspecified atom stereocenters. The number of hydrogen-bond donors (Lipinski definition) is 0. The Morgan fingerprint density at radius 3 is 1.54 bits per heavy atom. The lowest BCUT2D eigenvalue weighted by atomic mass is 9.91. The largest absolute Gasteiger partial charge is 0.327 e. The van der Waals surface area contributed by atoms with Crippen LogP contribution in [0.1, 0.15) is 130 Å². The summed E-state index contributed by atoms with van der Waals surface area (Å²) in [4.78, 5) is 0. The molecule has 1 aromatic rings. The van der Waals surface area contributed by atoms with Crippen molar-refractivity contribution in [3.8, 4) is 0 Å². The highest BCUT2D eigenvalue weighted by Gasteiger charge is 2.41. The van der Waals surface area contributed by atoms with Crippen LogP contribution >= 0.6 is 0 Å². The minimum absolute atomic E-state index is 0.145. The molecule has 37 heavy (non-hydrogen) atoms. The van der Waals surface area contributed by atoms with Gasteiger partial charge in [-0.3, -0.25) is 0 Å². The summed E-state index contributed by atoms with van der Waals surface area (Å²) < 4.78 is 59.6. The van der Waals surface area contributed by atoms with Gasteiger partial charge in [0.2, 0.25) is 0 Å². The van der Waals surface area contributed by atoms with E-state index in [0.717, 1.165) is 70.3 Å². The summed E-state index contributed by atoms with van der Waals surface area (Å²) in [7, 11) is 0. The Hall–Kier alpha value is -1.11. The fourth-order valence-electron chi connectivity index (χ4n) is 4.70. The molecule has 0 radical (unpaired) electrons. The van der Waals surface area contributed by atoms with Crippen LogP contribution in [0.25, 0.3) is 0 Å². The molecule has 0 aliphatic rings. The van der Waals surface area contributed by atoms with Gasteiger partial charge in [-0.25, -0.2) is 13.2 Å². The van der Waals surface area contributed by atoms with Crippen molar-refractivity contribution in [3.05, 3.63) is 35.1 Å². The zero-order valence-corrected chi connectivity index (χ0v) is 24.0. The molecule has 0 N–H and O–H groups in total. The quantitative estimate of drug-likeness (QED) is 0.0756. The van der Waals surface area contributed by atoms with E-state index in [9.17, 15) is 13.2 Å². The normalized spacial score (nSPS) is 12.8. The molecule has 0 amide bonds. The third-order valence-electron chi connectivity index (χ3n) is 6.77. The lowest BCUT2D eigenvalue weighted by Crippen LogP contribution is -2.47. The van der Waals surface area contributed by atoms with E-state index >= 15 is 0 Å². The second kappa shape index (κ2) is 20.8. The van der Waals surface area contributed by atoms with Gasteiger partial charge in [0.15, 0.2) is 11.6 Å². The van der Waals surface area contributed by atoms with Crippen molar-refractivity contribution in [2.75, 3.05) is 19.8 Å². The number of rotatable bonds is 24. The summed E-state index contributed by atoms with van der Waals surface area (Å²) >= 11 is 0. The second-order valence-electron chi connectivity index (χ2n) is 10.2. The lowest BCUT2D eigenvalue weighted by Gasteiger charge is -2.40. The maximum absolute atomic E-state index is 13.9. The van der Waals surface area contributed by atoms with E-state index in [1.165, 1.54) is 32.1 Å². The second-order valence-corrected chi connectivity index (χ2v) is 10.2. The molecule has 1 atom stereocenters. The van der Waals surface area contributed by atoms with E-state index in [0.29, 0.717) is 32.3 Å². The van der Waals surface area contributed by atoms with E-state index in [2.05, 4.69) is 27.7 Å². The Bertz CT molecular complexity index is 677. The van der Waals surface area contributed by atoms with Gasteiger partial charge < -0.3 is 14.2 Å². The van der Waals surface area contributed by atoms with Crippen LogP contribution in [0, 0.1) is 23.4 Å². The number of hydrogen-bond acceptors (Lipinski definition) is 3. The van der Waals surface area contributed by atoms with Gasteiger partial charge in [-0.15, -0.1) is 0 Å². The molecule has 1 rings (SSSR count). The van der Waals surface area contributed by atoms with E-state index in [1.54, 1.807) is 0 Å². The zero-order chi connectivity index (χ0) is 27.4. The fourth-order valence-corrected chi connectivity index (χ4v) is 4.70. The number of ether oxygens (including phenoxy) is 3. The SMILES string of the molecule is CCCCCCCCC(CCCCCCc1cc(F)c(F)cc1F)C(OCCC)(OCCC)OCCC. The summed E-state index contributed by atoms with van der Waals surface area (Å²) in [6, 6.07) is 1.62. The third kappa shape index (κ3) is 13.5. The molecule has 0 saturated carbocycles. The Balaban J connectivity index is 2.75. The predicted octanol–water partition coefficient (Wildman–Crippen LogP) is 9.90. The molecule has 0 aliphatic carbocycles. The third-order valence-corrected chi connectivity index (χ3v) is 6.77. The molecule has 1 aromatic carbocycles. The highest BCUT2D eigenvalue weighted by Crippen LogP contribution is 2.35. The topological polar surface area (TPSA) is 27.7 Å². The van der Waals surface area contributed by atoms with Gasteiger partial charge in [0.25, 0.3) is 5.97 Å². The van der Waals surface area contributed by atoms with Crippen molar-refractivity contribution >= 4 is 0 Å². The molecule has 0 bridgehead atoms. The van der Waals surface area contributed by atoms with Gasteiger partial charge in [-0.05, 0) is 56.6 Å². The molecular weight excluding hydrogens is 477 g/mol. The Morgan fingerprint density at radius 2 is 1.03 bits per heavy atom. The van der Waals surface area contributed by atoms with E-state index in [-0.39, 0.29) is 11.5 Å². The smallest absolute Gasteiger partial charge is 0.285 e. The molecule has 216 valence electrons. The Labute approximate surface area is 224 Å². The molecule has 0 fully saturated rings. The summed E-state index contributed by atoms with van der Waals surface area (Å²) in [5.74, 6) is -3.65. The van der Waals surface area contributed by atoms with Crippen LogP contribution in [-0.4, -0.2) is 25.8 Å². The van der Waals surface area contributed by atoms with E-state index in [1.807, 2.05) is 0 Å². The van der Waals surface area contributed by atoms with Crippen LogP contribution in [0.4, 0.5) is 13.2 Å². The minimum atomic E-state index is -1.14. The molecule has 3 nitrogen and oxygen atoms in total. The van der Waals surface area contributed by atoms with Crippen molar-refractivity contribution in [2.45, 2.75) is 136 Å². The zero-order valence-electron chi connectivity index (χ0n) is 24.0. The fraction of sp³-hybridized carbons (Fsp3) is 0.806. The van der Waals surface area contributed by atoms with Gasteiger partial charge in [0.1, 0.15) is 5.82 Å². The number of benzene rings is 1. The molecule has 0 aromatic heterocycles. The first-order chi connectivity index (χ1) is 17.9. The standard InChI is InChI=1S/C31H53F3O3/c1-5-9-10-11-12-16-19-27(31(35-21-6-2,36-22-7-3)37-23-8-4)20-17-14-13-15-18-26-24-29(33)30(34)25-28(26)32/h24-25,27H,5-23H2,1-4H3. The molecule has 0 saturated heterocycles. The molecule has 0 spiro atoms. The van der Waals surface area contributed by atoms with Crippen LogP contribution in [-0.2, 0) is 20.6 Å². The number of halogens is 3. The average molecular weight is 531 g/mol. The van der Waals surface area contributed by atoms with Crippen molar-refractivity contribution in [1.29, 1.82) is 0 Å². The van der Waals surface area contributed by atoms with Gasteiger partial charge in [0.05, 0.1) is 19.8 Å². The monoisotopic (exact) mass is 530 g/mol. The molecular formula is C31H53F3O3. The first-order valence-electron chi connectivity index (χ1n) is 15.0. The van der Waals surface area contributed by atoms with Crippen molar-refractivity contribution < 1.29 is 27.4 Å². The van der Waals surface area contributed by atoms with Crippen LogP contribution in [0.3, 0.4) is 0 Å². The van der Waals surface area contributed by atoms with Gasteiger partial charge in [0, 0.05) is 12.0 Å². The van der Waals surface area contributed by atoms with Crippen LogP contribution in [0.2, 0.25) is 0 Å². The van der Waals surface area contributed by atoms with Crippen LogP contribution < -0.4 is 0 Å². The average Bonchev–Trinajstić information content (AvgIpc) is 2.89. The van der Waals surface area contributed by atoms with Crippen LogP contribution in [0.5, 0.6) is 0 Å². The Kier molecular flexibility index (Phi) is 19.1. The maximum Gasteiger partial charge on any atom is 0.285 e. The predicted molar refractivity (Wildman–Crippen MR) is 146 cm³/mol. The molecule has 0 heterocycles. The first kappa shape index (κ1) is 33.9. The van der Waals surface area contributed by atoms with Gasteiger partial charge in [-0.2, -0.15) is 0 Å². The minimum Gasteiger partial charge on any atom is -0.327 e. The highest BCUT2D eigenvalue weighted by atomic mass is 19.2. The number of unbranched alkanes of at least 4 members (excludes halogenated alkanes) is 8. The molecule has 0 aliphatic heterocycles. The van der Waals surface area contributed by atoms with E-state index < -0.39 is 23.4 Å². The molecule has 6 heteroatoms. The first-order valence-corrected chi connectivity index (χ1v) is 15.0. The Morgan fingerprint density at radius 1 is 0.568 bits per heavy atom. The number of aryl methyl sites for hydroxylation is 1. The van der Waals surface area contributed by atoms with Crippen LogP contribution in [0.15, 0.2) is 12.1 Å².